The summed E-state index contributed by atoms with van der Waals surface area (Å²) in [4.78, 5) is 15.1. The third kappa shape index (κ3) is 1.68. The smallest absolute Gasteiger partial charge is 0.210 e. The molecule has 0 aliphatic heterocycles. The monoisotopic (exact) mass is 231 g/mol. The fourth-order valence-electron chi connectivity index (χ4n) is 1.61. The molecule has 0 saturated carbocycles. The second-order valence-corrected chi connectivity index (χ2v) is 3.31. The highest BCUT2D eigenvalue weighted by molar-refractivity contribution is 5.81. The minimum atomic E-state index is -0.101. The van der Waals surface area contributed by atoms with E-state index in [0.29, 0.717) is 16.8 Å². The third-order valence-corrected chi connectivity index (χ3v) is 2.37. The highest BCUT2D eigenvalue weighted by Gasteiger charge is 2.09. The summed E-state index contributed by atoms with van der Waals surface area (Å²) in [5.41, 5.74) is 1.10. The number of tetrazole rings is 1. The van der Waals surface area contributed by atoms with E-state index in [9.17, 15) is 4.79 Å². The molecule has 2 aromatic heterocycles. The topological polar surface area (TPSA) is 119 Å². The van der Waals surface area contributed by atoms with Crippen molar-refractivity contribution in [3.8, 4) is 11.4 Å². The van der Waals surface area contributed by atoms with Crippen molar-refractivity contribution in [1.29, 1.82) is 0 Å². The SMILES string of the molecule is O.O=c1c(-c2nn[nH]n2)c[nH]c2ccccc12. The van der Waals surface area contributed by atoms with E-state index in [1.807, 2.05) is 18.2 Å². The lowest BCUT2D eigenvalue weighted by molar-refractivity contribution is 0.824. The van der Waals surface area contributed by atoms with Crippen LogP contribution in [-0.2, 0) is 0 Å². The molecule has 0 atom stereocenters. The van der Waals surface area contributed by atoms with Crippen LogP contribution in [0.25, 0.3) is 22.3 Å². The average Bonchev–Trinajstić information content (AvgIpc) is 2.83. The number of benzene rings is 1. The molecule has 0 aliphatic rings. The first kappa shape index (κ1) is 11.0. The van der Waals surface area contributed by atoms with Gasteiger partial charge >= 0.3 is 0 Å². The van der Waals surface area contributed by atoms with Crippen LogP contribution in [0.5, 0.6) is 0 Å². The van der Waals surface area contributed by atoms with Crippen molar-refractivity contribution < 1.29 is 5.48 Å². The molecule has 4 N–H and O–H groups in total. The fraction of sp³-hybridized carbons (Fsp3) is 0. The number of nitrogens with zero attached hydrogens (tertiary/aromatic N) is 3. The van der Waals surface area contributed by atoms with Crippen LogP contribution >= 0.6 is 0 Å². The van der Waals surface area contributed by atoms with Gasteiger partial charge in [-0.2, -0.15) is 5.21 Å². The molecule has 0 spiro atoms. The van der Waals surface area contributed by atoms with Gasteiger partial charge < -0.3 is 10.5 Å². The minimum absolute atomic E-state index is 0. The molecule has 0 amide bonds. The molecule has 17 heavy (non-hydrogen) atoms. The Bertz CT molecular complexity index is 689. The van der Waals surface area contributed by atoms with E-state index >= 15 is 0 Å². The maximum Gasteiger partial charge on any atom is 0.210 e. The Morgan fingerprint density at radius 3 is 2.76 bits per heavy atom. The van der Waals surface area contributed by atoms with E-state index in [1.165, 1.54) is 0 Å². The van der Waals surface area contributed by atoms with Gasteiger partial charge in [0.2, 0.25) is 11.3 Å². The molecule has 2 heterocycles. The van der Waals surface area contributed by atoms with Gasteiger partial charge in [-0.15, -0.1) is 10.2 Å². The van der Waals surface area contributed by atoms with Gasteiger partial charge in [-0.05, 0) is 17.3 Å². The molecule has 1 aromatic carbocycles. The predicted octanol–water partition coefficient (Wildman–Crippen LogP) is -0.117. The summed E-state index contributed by atoms with van der Waals surface area (Å²) in [6.07, 6.45) is 1.59. The zero-order valence-corrected chi connectivity index (χ0v) is 8.64. The van der Waals surface area contributed by atoms with E-state index in [-0.39, 0.29) is 10.9 Å². The lowest BCUT2D eigenvalue weighted by Crippen LogP contribution is -2.07. The van der Waals surface area contributed by atoms with Crippen LogP contribution in [0, 0.1) is 0 Å². The van der Waals surface area contributed by atoms with Crippen LogP contribution < -0.4 is 5.43 Å². The number of hydrogen-bond acceptors (Lipinski definition) is 4. The van der Waals surface area contributed by atoms with Gasteiger partial charge in [0.25, 0.3) is 0 Å². The summed E-state index contributed by atoms with van der Waals surface area (Å²) in [6.45, 7) is 0. The number of aromatic amines is 2. The first-order valence-corrected chi connectivity index (χ1v) is 4.70. The third-order valence-electron chi connectivity index (χ3n) is 2.37. The van der Waals surface area contributed by atoms with Crippen molar-refractivity contribution in [1.82, 2.24) is 25.6 Å². The molecule has 86 valence electrons. The molecule has 7 heteroatoms. The summed E-state index contributed by atoms with van der Waals surface area (Å²) >= 11 is 0. The van der Waals surface area contributed by atoms with Crippen molar-refractivity contribution >= 4 is 10.9 Å². The van der Waals surface area contributed by atoms with E-state index < -0.39 is 0 Å². The van der Waals surface area contributed by atoms with E-state index in [1.54, 1.807) is 12.3 Å². The Kier molecular flexibility index (Phi) is 2.67. The van der Waals surface area contributed by atoms with Gasteiger partial charge in [-0.3, -0.25) is 4.79 Å². The van der Waals surface area contributed by atoms with Gasteiger partial charge in [0.1, 0.15) is 0 Å². The highest BCUT2D eigenvalue weighted by atomic mass is 16.1. The summed E-state index contributed by atoms with van der Waals surface area (Å²) < 4.78 is 0. The number of H-pyrrole nitrogens is 2. The zero-order valence-electron chi connectivity index (χ0n) is 8.64. The fourth-order valence-corrected chi connectivity index (χ4v) is 1.61. The number of fused-ring (bicyclic) bond motifs is 1. The van der Waals surface area contributed by atoms with Gasteiger partial charge in [0, 0.05) is 17.1 Å². The van der Waals surface area contributed by atoms with Crippen LogP contribution in [0.2, 0.25) is 0 Å². The predicted molar refractivity (Wildman–Crippen MR) is 61.4 cm³/mol. The molecule has 0 fully saturated rings. The Labute approximate surface area is 94.8 Å². The second kappa shape index (κ2) is 4.14. The zero-order chi connectivity index (χ0) is 11.0. The Morgan fingerprint density at radius 2 is 2.00 bits per heavy atom. The van der Waals surface area contributed by atoms with Gasteiger partial charge in [0.15, 0.2) is 0 Å². The first-order valence-electron chi connectivity index (χ1n) is 4.70. The normalized spacial score (nSPS) is 10.1. The van der Waals surface area contributed by atoms with Crippen molar-refractivity contribution in [2.24, 2.45) is 0 Å². The second-order valence-electron chi connectivity index (χ2n) is 3.31. The van der Waals surface area contributed by atoms with Crippen LogP contribution in [-0.4, -0.2) is 31.1 Å². The highest BCUT2D eigenvalue weighted by Crippen LogP contribution is 2.12. The molecule has 3 aromatic rings. The summed E-state index contributed by atoms with van der Waals surface area (Å²) in [5.74, 6) is 0.298. The van der Waals surface area contributed by atoms with Crippen molar-refractivity contribution in [3.05, 3.63) is 40.7 Å². The Morgan fingerprint density at radius 1 is 1.18 bits per heavy atom. The Hall–Kier alpha value is -2.54. The van der Waals surface area contributed by atoms with Crippen LogP contribution in [0.15, 0.2) is 35.3 Å². The number of hydrogen-bond donors (Lipinski definition) is 2. The van der Waals surface area contributed by atoms with Crippen molar-refractivity contribution in [2.75, 3.05) is 0 Å². The van der Waals surface area contributed by atoms with Gasteiger partial charge in [0.05, 0.1) is 5.56 Å². The van der Waals surface area contributed by atoms with E-state index in [0.717, 1.165) is 5.52 Å². The quantitative estimate of drug-likeness (QED) is 0.606. The molecule has 0 unspecified atom stereocenters. The molecular formula is C10H9N5O2. The molecule has 0 aliphatic carbocycles. The number of pyridine rings is 1. The molecule has 0 radical (unpaired) electrons. The molecule has 0 saturated heterocycles. The van der Waals surface area contributed by atoms with E-state index in [4.69, 9.17) is 0 Å². The van der Waals surface area contributed by atoms with Crippen LogP contribution in [0.1, 0.15) is 0 Å². The van der Waals surface area contributed by atoms with Crippen LogP contribution in [0.4, 0.5) is 0 Å². The standard InChI is InChI=1S/C10H7N5O.H2O/c16-9-6-3-1-2-4-8(6)11-5-7(9)10-12-14-15-13-10;/h1-5H,(H,11,16)(H,12,13,14,15);1H2. The average molecular weight is 231 g/mol. The lowest BCUT2D eigenvalue weighted by atomic mass is 10.1. The van der Waals surface area contributed by atoms with Crippen LogP contribution in [0.3, 0.4) is 0 Å². The van der Waals surface area contributed by atoms with E-state index in [2.05, 4.69) is 25.6 Å². The van der Waals surface area contributed by atoms with Crippen molar-refractivity contribution in [3.63, 3.8) is 0 Å². The minimum Gasteiger partial charge on any atom is -0.412 e. The molecule has 3 rings (SSSR count). The number of rotatable bonds is 1. The number of aromatic nitrogens is 5. The molecular weight excluding hydrogens is 222 g/mol. The number of para-hydroxylation sites is 1. The molecule has 0 bridgehead atoms. The lowest BCUT2D eigenvalue weighted by Gasteiger charge is -1.98. The maximum atomic E-state index is 12.1. The summed E-state index contributed by atoms with van der Waals surface area (Å²) in [7, 11) is 0. The van der Waals surface area contributed by atoms with Gasteiger partial charge in [-0.1, -0.05) is 12.1 Å². The first-order chi connectivity index (χ1) is 7.86. The summed E-state index contributed by atoms with van der Waals surface area (Å²) in [5, 5.41) is 13.9. The summed E-state index contributed by atoms with van der Waals surface area (Å²) in [6, 6.07) is 7.29. The van der Waals surface area contributed by atoms with Gasteiger partial charge in [-0.25, -0.2) is 0 Å². The number of nitrogens with one attached hydrogen (secondary N) is 2. The largest absolute Gasteiger partial charge is 0.412 e. The maximum absolute atomic E-state index is 12.1. The Balaban J connectivity index is 0.00000108. The molecule has 7 nitrogen and oxygen atoms in total. The van der Waals surface area contributed by atoms with Crippen molar-refractivity contribution in [2.45, 2.75) is 0 Å².